The third kappa shape index (κ3) is 3.50. The largest absolute Gasteiger partial charge is 0.326 e. The number of amides is 1. The van der Waals surface area contributed by atoms with Crippen molar-refractivity contribution in [2.24, 2.45) is 0 Å². The van der Waals surface area contributed by atoms with Crippen LogP contribution in [0, 0.1) is 10.1 Å². The maximum Gasteiger partial charge on any atom is 0.308 e. The van der Waals surface area contributed by atoms with E-state index in [1.165, 1.54) is 6.07 Å². The van der Waals surface area contributed by atoms with E-state index in [2.05, 4.69) is 5.32 Å². The van der Waals surface area contributed by atoms with Gasteiger partial charge in [0.05, 0.1) is 21.6 Å². The number of nitro benzene ring substituents is 1. The average molecular weight is 371 g/mol. The average Bonchev–Trinajstić information content (AvgIpc) is 2.90. The number of carbonyl (C=O) groups excluding carboxylic acids is 1. The molecule has 3 aromatic rings. The number of rotatable bonds is 5. The van der Waals surface area contributed by atoms with Crippen LogP contribution < -0.4 is 10.2 Å². The van der Waals surface area contributed by atoms with Crippen LogP contribution >= 0.6 is 11.3 Å². The van der Waals surface area contributed by atoms with E-state index in [1.807, 2.05) is 13.8 Å². The van der Waals surface area contributed by atoms with Crippen LogP contribution in [-0.2, 0) is 11.2 Å². The number of benzene rings is 2. The molecule has 0 aliphatic carbocycles. The molecule has 1 amide bonds. The van der Waals surface area contributed by atoms with E-state index in [1.54, 1.807) is 41.0 Å². The minimum Gasteiger partial charge on any atom is -0.326 e. The van der Waals surface area contributed by atoms with Crippen molar-refractivity contribution >= 4 is 38.8 Å². The minimum absolute atomic E-state index is 0.0432. The summed E-state index contributed by atoms with van der Waals surface area (Å²) in [6.07, 6.45) is -0.0988. The van der Waals surface area contributed by atoms with E-state index >= 15 is 0 Å². The Kier molecular flexibility index (Phi) is 4.85. The third-order valence-corrected chi connectivity index (χ3v) is 4.87. The topological polar surface area (TPSA) is 94.2 Å². The normalized spacial score (nSPS) is 11.0. The number of aromatic nitrogens is 1. The highest BCUT2D eigenvalue weighted by Gasteiger charge is 2.16. The Balaban J connectivity index is 1.82. The van der Waals surface area contributed by atoms with E-state index in [0.29, 0.717) is 11.3 Å². The molecule has 0 bridgehead atoms. The van der Waals surface area contributed by atoms with Crippen molar-refractivity contribution in [1.82, 2.24) is 4.57 Å². The molecule has 26 heavy (non-hydrogen) atoms. The Hall–Kier alpha value is -3.00. The first-order valence-corrected chi connectivity index (χ1v) is 8.85. The van der Waals surface area contributed by atoms with Gasteiger partial charge in [-0.2, -0.15) is 0 Å². The lowest BCUT2D eigenvalue weighted by Crippen LogP contribution is -2.15. The second-order valence-electron chi connectivity index (χ2n) is 6.12. The number of nitrogens with one attached hydrogen (secondary N) is 1. The molecule has 0 radical (unpaired) electrons. The van der Waals surface area contributed by atoms with Gasteiger partial charge in [0.15, 0.2) is 0 Å². The summed E-state index contributed by atoms with van der Waals surface area (Å²) >= 11 is 1.13. The minimum atomic E-state index is -0.499. The number of nitrogens with zero attached hydrogens (tertiary/aromatic N) is 2. The molecule has 1 heterocycles. The predicted octanol–water partition coefficient (Wildman–Crippen LogP) is 3.73. The predicted molar refractivity (Wildman–Crippen MR) is 102 cm³/mol. The molecule has 0 saturated heterocycles. The molecule has 8 heteroatoms. The number of hydrogen-bond donors (Lipinski definition) is 1. The number of hydrogen-bond acceptors (Lipinski definition) is 5. The third-order valence-electron chi connectivity index (χ3n) is 3.95. The van der Waals surface area contributed by atoms with Crippen molar-refractivity contribution in [3.8, 4) is 0 Å². The zero-order valence-electron chi connectivity index (χ0n) is 14.3. The first-order chi connectivity index (χ1) is 12.4. The van der Waals surface area contributed by atoms with E-state index in [0.717, 1.165) is 21.6 Å². The Morgan fingerprint density at radius 2 is 2.00 bits per heavy atom. The fraction of sp³-hybridized carbons (Fsp3) is 0.222. The maximum atomic E-state index is 12.3. The molecule has 0 saturated carbocycles. The van der Waals surface area contributed by atoms with Crippen LogP contribution in [0.3, 0.4) is 0 Å². The van der Waals surface area contributed by atoms with Gasteiger partial charge in [0.2, 0.25) is 5.91 Å². The van der Waals surface area contributed by atoms with Crippen molar-refractivity contribution in [3.63, 3.8) is 0 Å². The van der Waals surface area contributed by atoms with Crippen molar-refractivity contribution in [1.29, 1.82) is 0 Å². The van der Waals surface area contributed by atoms with Gasteiger partial charge in [-0.15, -0.1) is 0 Å². The fourth-order valence-electron chi connectivity index (χ4n) is 2.82. The summed E-state index contributed by atoms with van der Waals surface area (Å²) in [6, 6.07) is 11.5. The van der Waals surface area contributed by atoms with E-state index in [4.69, 9.17) is 0 Å². The number of nitro groups is 1. The van der Waals surface area contributed by atoms with Crippen LogP contribution in [-0.4, -0.2) is 15.4 Å². The highest BCUT2D eigenvalue weighted by molar-refractivity contribution is 7.16. The van der Waals surface area contributed by atoms with Gasteiger partial charge in [-0.1, -0.05) is 29.5 Å². The van der Waals surface area contributed by atoms with Gasteiger partial charge in [0, 0.05) is 23.4 Å². The van der Waals surface area contributed by atoms with Crippen molar-refractivity contribution in [2.45, 2.75) is 26.3 Å². The van der Waals surface area contributed by atoms with E-state index in [9.17, 15) is 19.7 Å². The summed E-state index contributed by atoms with van der Waals surface area (Å²) in [6.45, 7) is 3.88. The molecule has 0 aliphatic rings. The lowest BCUT2D eigenvalue weighted by Gasteiger charge is -2.09. The second kappa shape index (κ2) is 7.09. The zero-order chi connectivity index (χ0) is 18.8. The number of anilines is 1. The van der Waals surface area contributed by atoms with Gasteiger partial charge >= 0.3 is 4.87 Å². The van der Waals surface area contributed by atoms with Crippen LogP contribution in [0.5, 0.6) is 0 Å². The summed E-state index contributed by atoms with van der Waals surface area (Å²) in [5.74, 6) is -0.353. The maximum absolute atomic E-state index is 12.3. The van der Waals surface area contributed by atoms with E-state index in [-0.39, 0.29) is 28.9 Å². The first kappa shape index (κ1) is 17.8. The summed E-state index contributed by atoms with van der Waals surface area (Å²) in [7, 11) is 0. The van der Waals surface area contributed by atoms with Gasteiger partial charge in [0.25, 0.3) is 5.69 Å². The van der Waals surface area contributed by atoms with Gasteiger partial charge in [-0.3, -0.25) is 24.3 Å². The van der Waals surface area contributed by atoms with Gasteiger partial charge in [-0.25, -0.2) is 0 Å². The molecule has 134 valence electrons. The Morgan fingerprint density at radius 3 is 2.69 bits per heavy atom. The Bertz CT molecular complexity index is 1050. The lowest BCUT2D eigenvalue weighted by atomic mass is 10.1. The van der Waals surface area contributed by atoms with Gasteiger partial charge in [-0.05, 0) is 32.0 Å². The van der Waals surface area contributed by atoms with Gasteiger partial charge in [0.1, 0.15) is 0 Å². The summed E-state index contributed by atoms with van der Waals surface area (Å²) in [4.78, 5) is 34.9. The quantitative estimate of drug-likeness (QED) is 0.546. The van der Waals surface area contributed by atoms with Crippen molar-refractivity contribution in [3.05, 3.63) is 67.8 Å². The standard InChI is InChI=1S/C18H17N3O4S/c1-11(2)20-15-8-7-13(10-16(15)26-18(20)23)19-17(22)9-12-5-3-4-6-14(12)21(24)25/h3-8,10-11H,9H2,1-2H3,(H,19,22). The molecule has 0 fully saturated rings. The summed E-state index contributed by atoms with van der Waals surface area (Å²) in [5.41, 5.74) is 1.65. The second-order valence-corrected chi connectivity index (χ2v) is 7.12. The number of fused-ring (bicyclic) bond motifs is 1. The van der Waals surface area contributed by atoms with Gasteiger partial charge < -0.3 is 5.32 Å². The molecule has 0 unspecified atom stereocenters. The highest BCUT2D eigenvalue weighted by Crippen LogP contribution is 2.24. The lowest BCUT2D eigenvalue weighted by molar-refractivity contribution is -0.385. The van der Waals surface area contributed by atoms with Crippen molar-refractivity contribution < 1.29 is 9.72 Å². The van der Waals surface area contributed by atoms with Crippen LogP contribution in [0.2, 0.25) is 0 Å². The molecule has 3 rings (SSSR count). The highest BCUT2D eigenvalue weighted by atomic mass is 32.1. The molecule has 0 atom stereocenters. The Labute approximate surface area is 153 Å². The molecular weight excluding hydrogens is 354 g/mol. The monoisotopic (exact) mass is 371 g/mol. The summed E-state index contributed by atoms with van der Waals surface area (Å²) < 4.78 is 2.49. The van der Waals surface area contributed by atoms with E-state index < -0.39 is 4.92 Å². The molecular formula is C18H17N3O4S. The molecule has 1 N–H and O–H groups in total. The number of para-hydroxylation sites is 1. The summed E-state index contributed by atoms with van der Waals surface area (Å²) in [5, 5.41) is 13.8. The molecule has 2 aromatic carbocycles. The smallest absolute Gasteiger partial charge is 0.308 e. The van der Waals surface area contributed by atoms with Crippen LogP contribution in [0.1, 0.15) is 25.5 Å². The SMILES string of the molecule is CC(C)n1c(=O)sc2cc(NC(=O)Cc3ccccc3[N+](=O)[O-])ccc21. The molecule has 0 spiro atoms. The number of carbonyl (C=O) groups is 1. The molecule has 0 aliphatic heterocycles. The molecule has 7 nitrogen and oxygen atoms in total. The zero-order valence-corrected chi connectivity index (χ0v) is 15.1. The van der Waals surface area contributed by atoms with Crippen LogP contribution in [0.4, 0.5) is 11.4 Å². The molecule has 1 aromatic heterocycles. The first-order valence-electron chi connectivity index (χ1n) is 8.04. The van der Waals surface area contributed by atoms with Crippen LogP contribution in [0.25, 0.3) is 10.2 Å². The fourth-order valence-corrected chi connectivity index (χ4v) is 3.87. The van der Waals surface area contributed by atoms with Crippen molar-refractivity contribution in [2.75, 3.05) is 5.32 Å². The number of thiazole rings is 1. The Morgan fingerprint density at radius 1 is 1.27 bits per heavy atom. The van der Waals surface area contributed by atoms with Crippen LogP contribution in [0.15, 0.2) is 47.3 Å².